The van der Waals surface area contributed by atoms with Crippen molar-refractivity contribution >= 4 is 34.1 Å². The minimum Gasteiger partial charge on any atom is -0.348 e. The van der Waals surface area contributed by atoms with Crippen molar-refractivity contribution in [1.29, 1.82) is 0 Å². The highest BCUT2D eigenvalue weighted by Gasteiger charge is 2.23. The molecule has 0 spiro atoms. The number of benzene rings is 3. The molecular formula is C31H27FN6O2. The summed E-state index contributed by atoms with van der Waals surface area (Å²) in [6, 6.07) is 17.2. The van der Waals surface area contributed by atoms with Gasteiger partial charge in [-0.2, -0.15) is 5.10 Å². The second-order valence-electron chi connectivity index (χ2n) is 10.7. The third-order valence-electron chi connectivity index (χ3n) is 6.94. The number of fused-ring (bicyclic) bond motifs is 2. The fourth-order valence-electron chi connectivity index (χ4n) is 4.84. The average molecular weight is 535 g/mol. The van der Waals surface area contributed by atoms with Gasteiger partial charge in [0.25, 0.3) is 5.91 Å². The van der Waals surface area contributed by atoms with E-state index < -0.39 is 11.8 Å². The van der Waals surface area contributed by atoms with Crippen LogP contribution < -0.4 is 16.0 Å². The van der Waals surface area contributed by atoms with Crippen molar-refractivity contribution in [3.05, 3.63) is 96.2 Å². The molecule has 9 heteroatoms. The van der Waals surface area contributed by atoms with Crippen LogP contribution in [0, 0.1) is 5.82 Å². The first-order valence-electron chi connectivity index (χ1n) is 12.9. The predicted molar refractivity (Wildman–Crippen MR) is 154 cm³/mol. The lowest BCUT2D eigenvalue weighted by molar-refractivity contribution is 0.0965. The topological polar surface area (TPSA) is 101 Å². The minimum absolute atomic E-state index is 0.0333. The molecule has 1 aliphatic heterocycles. The Morgan fingerprint density at radius 2 is 1.73 bits per heavy atom. The highest BCUT2D eigenvalue weighted by molar-refractivity contribution is 6.03. The first-order chi connectivity index (χ1) is 19.2. The van der Waals surface area contributed by atoms with Crippen LogP contribution in [0.15, 0.2) is 79.3 Å². The zero-order valence-corrected chi connectivity index (χ0v) is 22.2. The summed E-state index contributed by atoms with van der Waals surface area (Å²) in [4.78, 5) is 29.2. The largest absolute Gasteiger partial charge is 0.348 e. The van der Waals surface area contributed by atoms with E-state index in [0.717, 1.165) is 27.5 Å². The Kier molecular flexibility index (Phi) is 6.06. The van der Waals surface area contributed by atoms with Crippen molar-refractivity contribution < 1.29 is 14.0 Å². The van der Waals surface area contributed by atoms with Crippen LogP contribution in [0.4, 0.5) is 20.6 Å². The van der Waals surface area contributed by atoms with Gasteiger partial charge in [0.05, 0.1) is 16.9 Å². The van der Waals surface area contributed by atoms with Gasteiger partial charge in [-0.1, -0.05) is 30.3 Å². The van der Waals surface area contributed by atoms with Gasteiger partial charge in [-0.3, -0.25) is 14.5 Å². The lowest BCUT2D eigenvalue weighted by Crippen LogP contribution is -2.22. The molecule has 0 saturated heterocycles. The Morgan fingerprint density at radius 1 is 0.950 bits per heavy atom. The molecule has 0 saturated carbocycles. The Balaban J connectivity index is 1.27. The molecule has 3 heterocycles. The molecule has 0 fully saturated rings. The molecule has 0 unspecified atom stereocenters. The molecule has 1 aliphatic rings. The van der Waals surface area contributed by atoms with Gasteiger partial charge in [-0.05, 0) is 73.2 Å². The van der Waals surface area contributed by atoms with Gasteiger partial charge in [-0.15, -0.1) is 0 Å². The second kappa shape index (κ2) is 9.60. The van der Waals surface area contributed by atoms with Gasteiger partial charge < -0.3 is 16.0 Å². The minimum atomic E-state index is -0.596. The van der Waals surface area contributed by atoms with Crippen molar-refractivity contribution in [2.75, 3.05) is 10.6 Å². The Labute approximate surface area is 230 Å². The number of aromatic nitrogens is 3. The maximum Gasteiger partial charge on any atom is 0.323 e. The van der Waals surface area contributed by atoms with Gasteiger partial charge in [0.1, 0.15) is 11.5 Å². The van der Waals surface area contributed by atoms with E-state index in [1.54, 1.807) is 41.5 Å². The first-order valence-corrected chi connectivity index (χ1v) is 12.9. The lowest BCUT2D eigenvalue weighted by Gasteiger charge is -2.18. The summed E-state index contributed by atoms with van der Waals surface area (Å²) in [5.74, 6) is -0.724. The molecule has 2 aromatic heterocycles. The van der Waals surface area contributed by atoms with Crippen LogP contribution in [0.1, 0.15) is 36.7 Å². The van der Waals surface area contributed by atoms with Crippen molar-refractivity contribution in [1.82, 2.24) is 20.1 Å². The zero-order chi connectivity index (χ0) is 28.0. The molecule has 40 heavy (non-hydrogen) atoms. The Morgan fingerprint density at radius 3 is 2.52 bits per heavy atom. The van der Waals surface area contributed by atoms with E-state index >= 15 is 4.39 Å². The second-order valence-corrected chi connectivity index (χ2v) is 10.7. The number of carbonyl (C=O) groups is 2. The normalized spacial score (nSPS) is 12.8. The van der Waals surface area contributed by atoms with Gasteiger partial charge in [0.2, 0.25) is 0 Å². The summed E-state index contributed by atoms with van der Waals surface area (Å²) in [6.45, 7) is 6.45. The van der Waals surface area contributed by atoms with Crippen LogP contribution >= 0.6 is 0 Å². The number of hydrogen-bond acceptors (Lipinski definition) is 4. The number of halogens is 1. The molecule has 0 atom stereocenters. The summed E-state index contributed by atoms with van der Waals surface area (Å²) < 4.78 is 17.0. The highest BCUT2D eigenvalue weighted by atomic mass is 19.1. The van der Waals surface area contributed by atoms with Gasteiger partial charge in [0, 0.05) is 41.6 Å². The van der Waals surface area contributed by atoms with Crippen LogP contribution in [0.5, 0.6) is 0 Å². The molecule has 200 valence electrons. The third-order valence-corrected chi connectivity index (χ3v) is 6.94. The standard InChI is InChI=1S/C31H27FN6O2/c1-31(2,3)38-17-27(28(37-38)20-7-8-21-15-33-12-11-18(21)13-20)36-30(40)35-26-10-9-19(14-25(26)32)22-5-4-6-23-24(22)16-34-29(23)39/h4-15,17H,16H2,1-3H3,(H,34,39)(H2,35,36,40). The summed E-state index contributed by atoms with van der Waals surface area (Å²) >= 11 is 0. The fourth-order valence-corrected chi connectivity index (χ4v) is 4.84. The van der Waals surface area contributed by atoms with Crippen LogP contribution in [0.3, 0.4) is 0 Å². The van der Waals surface area contributed by atoms with E-state index in [1.165, 1.54) is 12.1 Å². The van der Waals surface area contributed by atoms with Crippen molar-refractivity contribution in [2.45, 2.75) is 32.9 Å². The predicted octanol–water partition coefficient (Wildman–Crippen LogP) is 6.55. The molecule has 0 bridgehead atoms. The monoisotopic (exact) mass is 534 g/mol. The van der Waals surface area contributed by atoms with Crippen molar-refractivity contribution in [3.8, 4) is 22.4 Å². The highest BCUT2D eigenvalue weighted by Crippen LogP contribution is 2.33. The quantitative estimate of drug-likeness (QED) is 0.243. The van der Waals surface area contributed by atoms with Crippen molar-refractivity contribution in [2.24, 2.45) is 0 Å². The van der Waals surface area contributed by atoms with Gasteiger partial charge >= 0.3 is 6.03 Å². The van der Waals surface area contributed by atoms with Crippen LogP contribution in [0.25, 0.3) is 33.2 Å². The number of rotatable bonds is 4. The number of urea groups is 1. The SMILES string of the molecule is CC(C)(C)n1cc(NC(=O)Nc2ccc(-c3cccc4c3CNC4=O)cc2F)c(-c2ccc3cnccc3c2)n1. The molecule has 3 N–H and O–H groups in total. The molecular weight excluding hydrogens is 507 g/mol. The number of carbonyl (C=O) groups excluding carboxylic acids is 2. The van der Waals surface area contributed by atoms with E-state index in [9.17, 15) is 9.59 Å². The maximum atomic E-state index is 15.2. The molecule has 6 rings (SSSR count). The Hall–Kier alpha value is -5.05. The number of amides is 3. The summed E-state index contributed by atoms with van der Waals surface area (Å²) in [5, 5.41) is 15.0. The molecule has 5 aromatic rings. The van der Waals surface area contributed by atoms with E-state index in [1.807, 2.05) is 51.1 Å². The van der Waals surface area contributed by atoms with E-state index in [4.69, 9.17) is 5.10 Å². The zero-order valence-electron chi connectivity index (χ0n) is 22.2. The van der Waals surface area contributed by atoms with Gasteiger partial charge in [0.15, 0.2) is 0 Å². The van der Waals surface area contributed by atoms with Crippen LogP contribution in [-0.2, 0) is 12.1 Å². The molecule has 0 radical (unpaired) electrons. The Bertz CT molecular complexity index is 1800. The van der Waals surface area contributed by atoms with Gasteiger partial charge in [-0.25, -0.2) is 9.18 Å². The summed E-state index contributed by atoms with van der Waals surface area (Å²) in [6.07, 6.45) is 5.30. The molecule has 0 aliphatic carbocycles. The van der Waals surface area contributed by atoms with E-state index in [2.05, 4.69) is 20.9 Å². The van der Waals surface area contributed by atoms with Crippen LogP contribution in [0.2, 0.25) is 0 Å². The molecule has 8 nitrogen and oxygen atoms in total. The van der Waals surface area contributed by atoms with E-state index in [0.29, 0.717) is 29.1 Å². The third kappa shape index (κ3) is 4.66. The lowest BCUT2D eigenvalue weighted by atomic mass is 9.96. The average Bonchev–Trinajstić information content (AvgIpc) is 3.53. The number of hydrogen-bond donors (Lipinski definition) is 3. The number of nitrogens with one attached hydrogen (secondary N) is 3. The van der Waals surface area contributed by atoms with E-state index in [-0.39, 0.29) is 17.1 Å². The summed E-state index contributed by atoms with van der Waals surface area (Å²) in [7, 11) is 0. The number of anilines is 2. The summed E-state index contributed by atoms with van der Waals surface area (Å²) in [5.41, 5.74) is 4.45. The molecule has 3 amide bonds. The fraction of sp³-hybridized carbons (Fsp3) is 0.161. The smallest absolute Gasteiger partial charge is 0.323 e. The van der Waals surface area contributed by atoms with Crippen molar-refractivity contribution in [3.63, 3.8) is 0 Å². The molecule has 3 aromatic carbocycles. The first kappa shape index (κ1) is 25.2. The maximum absolute atomic E-state index is 15.2. The number of nitrogens with zero attached hydrogens (tertiary/aromatic N) is 3. The number of pyridine rings is 1. The van der Waals surface area contributed by atoms with Crippen LogP contribution in [-0.4, -0.2) is 26.7 Å².